The molecule has 1 amide bonds. The number of aromatic hydroxyl groups is 1. The van der Waals surface area contributed by atoms with Gasteiger partial charge in [0.2, 0.25) is 5.91 Å². The number of hydrogen-bond acceptors (Lipinski definition) is 3. The third kappa shape index (κ3) is 3.07. The molecule has 2 unspecified atom stereocenters. The maximum Gasteiger partial charge on any atom is 0.224 e. The molecule has 102 valence electrons. The van der Waals surface area contributed by atoms with Crippen LogP contribution in [-0.2, 0) is 4.79 Å². The number of carbonyl (C=O) groups is 1. The fourth-order valence-corrected chi connectivity index (χ4v) is 3.40. The topological polar surface area (TPSA) is 61.4 Å². The van der Waals surface area contributed by atoms with Crippen molar-refractivity contribution in [3.8, 4) is 5.75 Å². The van der Waals surface area contributed by atoms with Crippen LogP contribution in [0, 0.1) is 5.92 Å². The summed E-state index contributed by atoms with van der Waals surface area (Å²) >= 11 is 0. The molecule has 2 aliphatic rings. The van der Waals surface area contributed by atoms with Gasteiger partial charge in [-0.25, -0.2) is 0 Å². The third-order valence-corrected chi connectivity index (χ3v) is 4.17. The number of piperidine rings is 1. The molecule has 0 saturated carbocycles. The van der Waals surface area contributed by atoms with Crippen molar-refractivity contribution >= 4 is 11.6 Å². The van der Waals surface area contributed by atoms with Crippen LogP contribution in [0.2, 0.25) is 0 Å². The Kier molecular flexibility index (Phi) is 3.42. The molecule has 0 aliphatic carbocycles. The first-order chi connectivity index (χ1) is 9.19. The number of rotatable bonds is 3. The summed E-state index contributed by atoms with van der Waals surface area (Å²) in [6, 6.07) is 7.94. The van der Waals surface area contributed by atoms with E-state index < -0.39 is 0 Å². The van der Waals surface area contributed by atoms with E-state index in [1.165, 1.54) is 12.8 Å². The van der Waals surface area contributed by atoms with E-state index in [2.05, 4.69) is 10.6 Å². The van der Waals surface area contributed by atoms with Crippen molar-refractivity contribution in [2.45, 2.75) is 44.2 Å². The smallest absolute Gasteiger partial charge is 0.224 e. The van der Waals surface area contributed by atoms with Crippen LogP contribution in [0.15, 0.2) is 24.3 Å². The van der Waals surface area contributed by atoms with Gasteiger partial charge in [0, 0.05) is 30.3 Å². The molecule has 3 N–H and O–H groups in total. The van der Waals surface area contributed by atoms with Crippen molar-refractivity contribution in [3.05, 3.63) is 24.3 Å². The summed E-state index contributed by atoms with van der Waals surface area (Å²) in [4.78, 5) is 12.0. The Hall–Kier alpha value is -1.55. The van der Waals surface area contributed by atoms with Gasteiger partial charge in [-0.15, -0.1) is 0 Å². The standard InChI is InChI=1S/C15H20N2O2/c18-14-3-1-2-11(9-14)17-15(19)8-10-6-12-4-5-13(7-10)16-12/h1-3,9-10,12-13,16,18H,4-8H2,(H,17,19). The van der Waals surface area contributed by atoms with Gasteiger partial charge in [0.25, 0.3) is 0 Å². The molecule has 0 radical (unpaired) electrons. The number of phenolic OH excluding ortho intramolecular Hbond substituents is 1. The minimum atomic E-state index is 0.0527. The largest absolute Gasteiger partial charge is 0.508 e. The lowest BCUT2D eigenvalue weighted by Gasteiger charge is -2.28. The summed E-state index contributed by atoms with van der Waals surface area (Å²) in [6.45, 7) is 0. The fraction of sp³-hybridized carbons (Fsp3) is 0.533. The van der Waals surface area contributed by atoms with E-state index in [1.54, 1.807) is 24.3 Å². The van der Waals surface area contributed by atoms with Gasteiger partial charge in [0.15, 0.2) is 0 Å². The molecule has 1 aromatic carbocycles. The third-order valence-electron chi connectivity index (χ3n) is 4.17. The van der Waals surface area contributed by atoms with Crippen molar-refractivity contribution in [1.82, 2.24) is 5.32 Å². The van der Waals surface area contributed by atoms with Crippen molar-refractivity contribution < 1.29 is 9.90 Å². The summed E-state index contributed by atoms with van der Waals surface area (Å²) < 4.78 is 0. The number of carbonyl (C=O) groups excluding carboxylic acids is 1. The highest BCUT2D eigenvalue weighted by atomic mass is 16.3. The number of hydrogen-bond donors (Lipinski definition) is 3. The van der Waals surface area contributed by atoms with Crippen molar-refractivity contribution in [2.75, 3.05) is 5.32 Å². The molecule has 2 fully saturated rings. The average molecular weight is 260 g/mol. The number of amides is 1. The number of benzene rings is 1. The summed E-state index contributed by atoms with van der Waals surface area (Å²) in [7, 11) is 0. The van der Waals surface area contributed by atoms with Crippen molar-refractivity contribution in [3.63, 3.8) is 0 Å². The Morgan fingerprint density at radius 2 is 2.05 bits per heavy atom. The second kappa shape index (κ2) is 5.21. The van der Waals surface area contributed by atoms with Gasteiger partial charge < -0.3 is 15.7 Å². The predicted molar refractivity (Wildman–Crippen MR) is 74.0 cm³/mol. The van der Waals surface area contributed by atoms with E-state index in [0.29, 0.717) is 30.1 Å². The lowest BCUT2D eigenvalue weighted by Crippen LogP contribution is -2.39. The minimum absolute atomic E-state index is 0.0527. The molecule has 19 heavy (non-hydrogen) atoms. The van der Waals surface area contributed by atoms with Crippen LogP contribution in [0.25, 0.3) is 0 Å². The van der Waals surface area contributed by atoms with Crippen LogP contribution >= 0.6 is 0 Å². The van der Waals surface area contributed by atoms with Gasteiger partial charge in [-0.05, 0) is 43.7 Å². The van der Waals surface area contributed by atoms with E-state index in [-0.39, 0.29) is 11.7 Å². The van der Waals surface area contributed by atoms with E-state index >= 15 is 0 Å². The average Bonchev–Trinajstić information content (AvgIpc) is 2.68. The summed E-state index contributed by atoms with van der Waals surface area (Å²) in [6.07, 6.45) is 5.34. The molecule has 1 aromatic rings. The van der Waals surface area contributed by atoms with Crippen LogP contribution in [-0.4, -0.2) is 23.1 Å². The molecule has 2 heterocycles. The zero-order chi connectivity index (χ0) is 13.2. The first-order valence-electron chi connectivity index (χ1n) is 7.04. The highest BCUT2D eigenvalue weighted by molar-refractivity contribution is 5.91. The maximum absolute atomic E-state index is 12.0. The molecular formula is C15H20N2O2. The number of phenols is 1. The second-order valence-electron chi connectivity index (χ2n) is 5.78. The molecule has 0 aromatic heterocycles. The van der Waals surface area contributed by atoms with E-state index in [0.717, 1.165) is 12.8 Å². The predicted octanol–water partition coefficient (Wildman–Crippen LogP) is 2.25. The van der Waals surface area contributed by atoms with Crippen LogP contribution < -0.4 is 10.6 Å². The summed E-state index contributed by atoms with van der Waals surface area (Å²) in [5.74, 6) is 0.727. The Bertz CT molecular complexity index is 463. The normalized spacial score (nSPS) is 29.2. The van der Waals surface area contributed by atoms with E-state index in [1.807, 2.05) is 0 Å². The van der Waals surface area contributed by atoms with E-state index in [9.17, 15) is 9.90 Å². The van der Waals surface area contributed by atoms with Crippen LogP contribution in [0.5, 0.6) is 5.75 Å². The quantitative estimate of drug-likeness (QED) is 0.781. The minimum Gasteiger partial charge on any atom is -0.508 e. The molecule has 4 heteroatoms. The molecular weight excluding hydrogens is 240 g/mol. The summed E-state index contributed by atoms with van der Waals surface area (Å²) in [5.41, 5.74) is 0.668. The molecule has 2 saturated heterocycles. The number of nitrogens with one attached hydrogen (secondary N) is 2. The van der Waals surface area contributed by atoms with Gasteiger partial charge >= 0.3 is 0 Å². The highest BCUT2D eigenvalue weighted by Crippen LogP contribution is 2.32. The first kappa shape index (κ1) is 12.5. The molecule has 2 bridgehead atoms. The van der Waals surface area contributed by atoms with E-state index in [4.69, 9.17) is 0 Å². The van der Waals surface area contributed by atoms with Gasteiger partial charge in [-0.1, -0.05) is 6.07 Å². The maximum atomic E-state index is 12.0. The Morgan fingerprint density at radius 3 is 2.74 bits per heavy atom. The molecule has 3 rings (SSSR count). The zero-order valence-corrected chi connectivity index (χ0v) is 10.9. The lowest BCUT2D eigenvalue weighted by molar-refractivity contribution is -0.117. The van der Waals surface area contributed by atoms with Crippen LogP contribution in [0.3, 0.4) is 0 Å². The lowest BCUT2D eigenvalue weighted by atomic mass is 9.89. The molecule has 2 atom stereocenters. The molecule has 2 aliphatic heterocycles. The van der Waals surface area contributed by atoms with Gasteiger partial charge in [0.1, 0.15) is 5.75 Å². The monoisotopic (exact) mass is 260 g/mol. The first-order valence-corrected chi connectivity index (χ1v) is 7.04. The van der Waals surface area contributed by atoms with Gasteiger partial charge in [0.05, 0.1) is 0 Å². The number of anilines is 1. The highest BCUT2D eigenvalue weighted by Gasteiger charge is 2.34. The zero-order valence-electron chi connectivity index (χ0n) is 10.9. The van der Waals surface area contributed by atoms with Crippen LogP contribution in [0.4, 0.5) is 5.69 Å². The second-order valence-corrected chi connectivity index (χ2v) is 5.78. The fourth-order valence-electron chi connectivity index (χ4n) is 3.40. The molecule has 0 spiro atoms. The van der Waals surface area contributed by atoms with Gasteiger partial charge in [-0.3, -0.25) is 4.79 Å². The van der Waals surface area contributed by atoms with Crippen molar-refractivity contribution in [2.24, 2.45) is 5.92 Å². The Labute approximate surface area is 113 Å². The number of fused-ring (bicyclic) bond motifs is 2. The molecule has 4 nitrogen and oxygen atoms in total. The Morgan fingerprint density at radius 1 is 1.32 bits per heavy atom. The Balaban J connectivity index is 1.54. The summed E-state index contributed by atoms with van der Waals surface area (Å²) in [5, 5.41) is 15.8. The SMILES string of the molecule is O=C(CC1CC2CCC(C1)N2)Nc1cccc(O)c1. The van der Waals surface area contributed by atoms with Crippen molar-refractivity contribution in [1.29, 1.82) is 0 Å². The van der Waals surface area contributed by atoms with Gasteiger partial charge in [-0.2, -0.15) is 0 Å². The van der Waals surface area contributed by atoms with Crippen LogP contribution in [0.1, 0.15) is 32.1 Å².